The largest absolute Gasteiger partial charge is 0.497 e. The number of benzene rings is 2. The Balaban J connectivity index is 1.91. The lowest BCUT2D eigenvalue weighted by Gasteiger charge is -2.33. The first-order valence-corrected chi connectivity index (χ1v) is 9.13. The van der Waals surface area contributed by atoms with Gasteiger partial charge in [-0.25, -0.2) is 9.19 Å². The minimum atomic E-state index is -0.0457. The molecule has 1 aliphatic rings. The fourth-order valence-electron chi connectivity index (χ4n) is 3.47. The molecule has 1 aliphatic heterocycles. The normalized spacial score (nSPS) is 16.2. The van der Waals surface area contributed by atoms with E-state index in [4.69, 9.17) is 9.72 Å². The number of hydrogen-bond acceptors (Lipinski definition) is 4. The van der Waals surface area contributed by atoms with Crippen LogP contribution < -0.4 is 9.64 Å². The highest BCUT2D eigenvalue weighted by Crippen LogP contribution is 2.40. The first kappa shape index (κ1) is 16.6. The Morgan fingerprint density at radius 1 is 1.27 bits per heavy atom. The second kappa shape index (κ2) is 6.46. The van der Waals surface area contributed by atoms with Gasteiger partial charge in [-0.3, -0.25) is 0 Å². The van der Waals surface area contributed by atoms with E-state index < -0.39 is 0 Å². The van der Waals surface area contributed by atoms with Gasteiger partial charge >= 0.3 is 0 Å². The fraction of sp³-hybridized carbons (Fsp3) is 0.200. The van der Waals surface area contributed by atoms with E-state index in [9.17, 15) is 4.21 Å². The Kier molecular flexibility index (Phi) is 4.12. The van der Waals surface area contributed by atoms with Crippen molar-refractivity contribution < 1.29 is 8.95 Å². The van der Waals surface area contributed by atoms with Gasteiger partial charge in [-0.15, -0.1) is 0 Å². The second-order valence-corrected chi connectivity index (χ2v) is 6.82. The van der Waals surface area contributed by atoms with Crippen LogP contribution in [0.3, 0.4) is 0 Å². The third-order valence-corrected chi connectivity index (χ3v) is 5.21. The van der Waals surface area contributed by atoms with Crippen molar-refractivity contribution in [1.29, 1.82) is 0 Å². The number of ether oxygens (including phenoxy) is 1. The molecule has 1 N–H and O–H groups in total. The van der Waals surface area contributed by atoms with E-state index in [-0.39, 0.29) is 6.04 Å². The number of nitrogens with one attached hydrogen (secondary N) is 1. The third-order valence-electron chi connectivity index (χ3n) is 4.82. The molecule has 0 amide bonds. The zero-order valence-electron chi connectivity index (χ0n) is 14.8. The maximum absolute atomic E-state index is 11.1. The van der Waals surface area contributed by atoms with Gasteiger partial charge < -0.3 is 14.6 Å². The minimum Gasteiger partial charge on any atom is -0.497 e. The highest BCUT2D eigenvalue weighted by Gasteiger charge is 2.25. The van der Waals surface area contributed by atoms with Gasteiger partial charge in [-0.1, -0.05) is 18.2 Å². The lowest BCUT2D eigenvalue weighted by atomic mass is 9.94. The summed E-state index contributed by atoms with van der Waals surface area (Å²) in [4.78, 5) is 10.3. The van der Waals surface area contributed by atoms with Crippen molar-refractivity contribution in [1.82, 2.24) is 9.97 Å². The van der Waals surface area contributed by atoms with Crippen LogP contribution in [0, 0.1) is 0 Å². The molecule has 0 bridgehead atoms. The van der Waals surface area contributed by atoms with Crippen molar-refractivity contribution in [3.63, 3.8) is 0 Å². The molecule has 3 aromatic rings. The zero-order chi connectivity index (χ0) is 18.3. The third kappa shape index (κ3) is 2.63. The van der Waals surface area contributed by atoms with E-state index in [2.05, 4.69) is 35.0 Å². The van der Waals surface area contributed by atoms with E-state index in [0.29, 0.717) is 11.3 Å². The molecule has 4 rings (SSSR count). The molecule has 132 valence electrons. The van der Waals surface area contributed by atoms with Gasteiger partial charge in [-0.2, -0.15) is 0 Å². The van der Waals surface area contributed by atoms with Crippen LogP contribution in [0.15, 0.2) is 42.5 Å². The summed E-state index contributed by atoms with van der Waals surface area (Å²) in [6.45, 7) is 2.08. The standard InChI is InChI=1S/C20H19N3O2S/c1-12-9-13(11-26-24)23(2)19-15(12)5-4-6-16(19)20-21-17-8-7-14(25-3)10-18(17)22-20/h4-11,13H,1-3H3,(H,21,22). The Labute approximate surface area is 155 Å². The first-order valence-electron chi connectivity index (χ1n) is 8.33. The summed E-state index contributed by atoms with van der Waals surface area (Å²) < 4.78 is 16.4. The fourth-order valence-corrected chi connectivity index (χ4v) is 3.85. The second-order valence-electron chi connectivity index (χ2n) is 6.35. The van der Waals surface area contributed by atoms with Gasteiger partial charge in [0, 0.05) is 29.6 Å². The predicted molar refractivity (Wildman–Crippen MR) is 108 cm³/mol. The van der Waals surface area contributed by atoms with Gasteiger partial charge in [0.05, 0.1) is 41.1 Å². The van der Waals surface area contributed by atoms with Crippen molar-refractivity contribution in [3.8, 4) is 17.1 Å². The summed E-state index contributed by atoms with van der Waals surface area (Å²) in [6.07, 6.45) is 2.11. The van der Waals surface area contributed by atoms with E-state index in [1.165, 1.54) is 0 Å². The molecule has 6 heteroatoms. The molecule has 0 radical (unpaired) electrons. The van der Waals surface area contributed by atoms with Crippen LogP contribution in [0.2, 0.25) is 0 Å². The maximum Gasteiger partial charge on any atom is 0.140 e. The molecule has 5 nitrogen and oxygen atoms in total. The highest BCUT2D eigenvalue weighted by molar-refractivity contribution is 7.65. The van der Waals surface area contributed by atoms with Crippen LogP contribution in [0.4, 0.5) is 5.69 Å². The summed E-state index contributed by atoms with van der Waals surface area (Å²) in [5, 5.41) is 1.70. The number of fused-ring (bicyclic) bond motifs is 2. The molecule has 2 heterocycles. The number of likely N-dealkylation sites (N-methyl/N-ethyl adjacent to an activating group) is 1. The molecule has 0 fully saturated rings. The molecule has 1 unspecified atom stereocenters. The van der Waals surface area contributed by atoms with Crippen LogP contribution >= 0.6 is 0 Å². The number of aromatic nitrogens is 2. The monoisotopic (exact) mass is 365 g/mol. The molecule has 1 aromatic heterocycles. The van der Waals surface area contributed by atoms with Crippen LogP contribution in [-0.2, 0) is 11.3 Å². The Bertz CT molecular complexity index is 1080. The summed E-state index contributed by atoms with van der Waals surface area (Å²) in [7, 11) is 3.66. The molecule has 0 saturated carbocycles. The summed E-state index contributed by atoms with van der Waals surface area (Å²) >= 11 is 0.500. The summed E-state index contributed by atoms with van der Waals surface area (Å²) in [5.74, 6) is 1.60. The van der Waals surface area contributed by atoms with Crippen molar-refractivity contribution in [2.24, 2.45) is 0 Å². The lowest BCUT2D eigenvalue weighted by Crippen LogP contribution is -2.34. The van der Waals surface area contributed by atoms with Gasteiger partial charge in [0.25, 0.3) is 0 Å². The number of para-hydroxylation sites is 1. The Morgan fingerprint density at radius 3 is 2.85 bits per heavy atom. The van der Waals surface area contributed by atoms with Gasteiger partial charge in [0.1, 0.15) is 11.6 Å². The number of H-pyrrole nitrogens is 1. The lowest BCUT2D eigenvalue weighted by molar-refractivity contribution is 0.415. The number of rotatable bonds is 3. The average Bonchev–Trinajstić information content (AvgIpc) is 3.08. The van der Waals surface area contributed by atoms with Gasteiger partial charge in [0.2, 0.25) is 0 Å². The van der Waals surface area contributed by atoms with Crippen molar-refractivity contribution in [2.75, 3.05) is 19.1 Å². The van der Waals surface area contributed by atoms with Crippen molar-refractivity contribution in [3.05, 3.63) is 48.0 Å². The molecule has 26 heavy (non-hydrogen) atoms. The van der Waals surface area contributed by atoms with E-state index in [0.717, 1.165) is 45.0 Å². The number of imidazole rings is 1. The molecule has 0 aliphatic carbocycles. The minimum absolute atomic E-state index is 0.0457. The highest BCUT2D eigenvalue weighted by atomic mass is 32.1. The summed E-state index contributed by atoms with van der Waals surface area (Å²) in [6, 6.07) is 12.0. The number of nitrogens with zero attached hydrogens (tertiary/aromatic N) is 2. The Hall–Kier alpha value is -2.86. The maximum atomic E-state index is 11.1. The number of aromatic amines is 1. The molecule has 0 saturated heterocycles. The summed E-state index contributed by atoms with van der Waals surface area (Å²) in [5.41, 5.74) is 6.23. The molecule has 1 atom stereocenters. The van der Waals surface area contributed by atoms with E-state index in [1.54, 1.807) is 12.5 Å². The molecule has 0 spiro atoms. The number of hydrogen-bond donors (Lipinski definition) is 1. The van der Waals surface area contributed by atoms with E-state index >= 15 is 0 Å². The Morgan fingerprint density at radius 2 is 2.08 bits per heavy atom. The van der Waals surface area contributed by atoms with Crippen LogP contribution in [0.1, 0.15) is 12.5 Å². The van der Waals surface area contributed by atoms with Crippen molar-refractivity contribution >= 4 is 38.9 Å². The number of allylic oxidation sites excluding steroid dienone is 1. The average molecular weight is 365 g/mol. The van der Waals surface area contributed by atoms with Crippen molar-refractivity contribution in [2.45, 2.75) is 13.0 Å². The number of anilines is 1. The van der Waals surface area contributed by atoms with Crippen LogP contribution in [0.5, 0.6) is 5.75 Å². The van der Waals surface area contributed by atoms with Gasteiger partial charge in [0.15, 0.2) is 0 Å². The first-order chi connectivity index (χ1) is 12.6. The topological polar surface area (TPSA) is 58.2 Å². The molecular weight excluding hydrogens is 346 g/mol. The quantitative estimate of drug-likeness (QED) is 0.722. The van der Waals surface area contributed by atoms with Gasteiger partial charge in [-0.05, 0) is 30.7 Å². The van der Waals surface area contributed by atoms with E-state index in [1.807, 2.05) is 31.3 Å². The molecular formula is C20H19N3O2S. The smallest absolute Gasteiger partial charge is 0.140 e. The SMILES string of the molecule is COc1ccc2nc(-c3cccc4c3N(C)C(C=S=O)C=C4C)[nH]c2c1. The zero-order valence-corrected chi connectivity index (χ0v) is 15.6. The van der Waals surface area contributed by atoms with Crippen LogP contribution in [-0.4, -0.2) is 39.7 Å². The van der Waals surface area contributed by atoms with Crippen LogP contribution in [0.25, 0.3) is 28.0 Å². The number of methoxy groups -OCH3 is 1. The molecule has 2 aromatic carbocycles. The predicted octanol–water partition coefficient (Wildman–Crippen LogP) is 3.48.